The molecule has 1 aliphatic heterocycles. The van der Waals surface area contributed by atoms with E-state index in [4.69, 9.17) is 18.7 Å². The van der Waals surface area contributed by atoms with Crippen molar-refractivity contribution in [2.45, 2.75) is 0 Å². The highest BCUT2D eigenvalue weighted by molar-refractivity contribution is 6.04. The van der Waals surface area contributed by atoms with Gasteiger partial charge in [0.2, 0.25) is 5.82 Å². The van der Waals surface area contributed by atoms with E-state index in [1.807, 2.05) is 30.3 Å². The molecule has 9 nitrogen and oxygen atoms in total. The fourth-order valence-corrected chi connectivity index (χ4v) is 3.26. The van der Waals surface area contributed by atoms with Gasteiger partial charge in [-0.2, -0.15) is 4.98 Å². The van der Waals surface area contributed by atoms with Crippen LogP contribution in [0, 0.1) is 0 Å². The van der Waals surface area contributed by atoms with E-state index >= 15 is 0 Å². The van der Waals surface area contributed by atoms with Gasteiger partial charge in [-0.25, -0.2) is 9.59 Å². The topological polar surface area (TPSA) is 104 Å². The van der Waals surface area contributed by atoms with Crippen LogP contribution < -0.4 is 4.90 Å². The van der Waals surface area contributed by atoms with Gasteiger partial charge in [0.15, 0.2) is 0 Å². The van der Waals surface area contributed by atoms with E-state index in [0.29, 0.717) is 17.1 Å². The summed E-state index contributed by atoms with van der Waals surface area (Å²) in [6, 6.07) is 16.5. The number of rotatable bonds is 5. The normalized spacial score (nSPS) is 13.8. The lowest BCUT2D eigenvalue weighted by molar-refractivity contribution is -0.140. The number of methoxy groups -OCH3 is 2. The number of ether oxygens (including phenoxy) is 3. The van der Waals surface area contributed by atoms with E-state index in [-0.39, 0.29) is 30.5 Å². The van der Waals surface area contributed by atoms with Crippen LogP contribution in [0.1, 0.15) is 0 Å². The van der Waals surface area contributed by atoms with Crippen LogP contribution in [0.2, 0.25) is 0 Å². The zero-order chi connectivity index (χ0) is 21.8. The van der Waals surface area contributed by atoms with Crippen molar-refractivity contribution >= 4 is 17.6 Å². The van der Waals surface area contributed by atoms with Gasteiger partial charge >= 0.3 is 11.9 Å². The molecule has 0 saturated heterocycles. The highest BCUT2D eigenvalue weighted by Crippen LogP contribution is 2.35. The number of para-hydroxylation sites is 1. The minimum Gasteiger partial charge on any atom is -0.466 e. The molecular weight excluding hydrogens is 402 g/mol. The summed E-state index contributed by atoms with van der Waals surface area (Å²) in [5, 5.41) is 4.06. The Hall–Kier alpha value is -3.98. The molecular formula is C22H19N3O6. The van der Waals surface area contributed by atoms with Crippen LogP contribution in [-0.2, 0) is 23.8 Å². The predicted molar refractivity (Wildman–Crippen MR) is 110 cm³/mol. The number of carbonyl (C=O) groups is 2. The number of carbonyl (C=O) groups excluding carboxylic acids is 2. The van der Waals surface area contributed by atoms with Gasteiger partial charge in [0.05, 0.1) is 37.7 Å². The Balaban J connectivity index is 1.80. The highest BCUT2D eigenvalue weighted by Gasteiger charge is 2.34. The summed E-state index contributed by atoms with van der Waals surface area (Å²) in [6.45, 7) is -0.0594. The van der Waals surface area contributed by atoms with Crippen molar-refractivity contribution in [2.24, 2.45) is 0 Å². The number of aromatic nitrogens is 2. The predicted octanol–water partition coefficient (Wildman–Crippen LogP) is 2.80. The van der Waals surface area contributed by atoms with Crippen LogP contribution in [0.25, 0.3) is 22.8 Å². The molecule has 4 rings (SSSR count). The van der Waals surface area contributed by atoms with Crippen molar-refractivity contribution in [1.29, 1.82) is 0 Å². The molecule has 1 aromatic heterocycles. The fourth-order valence-electron chi connectivity index (χ4n) is 3.26. The lowest BCUT2D eigenvalue weighted by atomic mass is 10.1. The summed E-state index contributed by atoms with van der Waals surface area (Å²) in [5.41, 5.74) is 2.00. The molecule has 0 atom stereocenters. The first kappa shape index (κ1) is 20.3. The second-order valence-electron chi connectivity index (χ2n) is 6.52. The monoisotopic (exact) mass is 421 g/mol. The molecule has 2 aromatic carbocycles. The summed E-state index contributed by atoms with van der Waals surface area (Å²) in [7, 11) is 2.48. The number of hydrogen-bond donors (Lipinski definition) is 0. The van der Waals surface area contributed by atoms with Gasteiger partial charge in [0.1, 0.15) is 12.4 Å². The average molecular weight is 421 g/mol. The molecule has 0 bridgehead atoms. The SMILES string of the molecule is COC(=O)C1=C(C(=O)OC)N(c2ccccc2-c2nc(-c3ccccc3)no2)COC1. The summed E-state index contributed by atoms with van der Waals surface area (Å²) in [6.07, 6.45) is 0. The van der Waals surface area contributed by atoms with Crippen LogP contribution in [-0.4, -0.2) is 49.6 Å². The smallest absolute Gasteiger partial charge is 0.355 e. The number of esters is 2. The van der Waals surface area contributed by atoms with Gasteiger partial charge in [-0.15, -0.1) is 0 Å². The van der Waals surface area contributed by atoms with E-state index in [2.05, 4.69) is 10.1 Å². The van der Waals surface area contributed by atoms with Crippen LogP contribution >= 0.6 is 0 Å². The van der Waals surface area contributed by atoms with E-state index in [9.17, 15) is 9.59 Å². The average Bonchev–Trinajstić information content (AvgIpc) is 3.33. The Bertz CT molecular complexity index is 1140. The van der Waals surface area contributed by atoms with E-state index in [1.165, 1.54) is 19.1 Å². The van der Waals surface area contributed by atoms with Gasteiger partial charge in [0.25, 0.3) is 5.89 Å². The first-order valence-electron chi connectivity index (χ1n) is 9.37. The van der Waals surface area contributed by atoms with Crippen LogP contribution in [0.5, 0.6) is 0 Å². The Morgan fingerprint density at radius 2 is 1.68 bits per heavy atom. The molecule has 0 radical (unpaired) electrons. The quantitative estimate of drug-likeness (QED) is 0.575. The van der Waals surface area contributed by atoms with Crippen LogP contribution in [0.3, 0.4) is 0 Å². The zero-order valence-electron chi connectivity index (χ0n) is 16.9. The minimum atomic E-state index is -0.686. The maximum absolute atomic E-state index is 12.6. The van der Waals surface area contributed by atoms with Crippen LogP contribution in [0.15, 0.2) is 70.4 Å². The summed E-state index contributed by atoms with van der Waals surface area (Å²) in [4.78, 5) is 30.9. The molecule has 0 amide bonds. The number of nitrogens with zero attached hydrogens (tertiary/aromatic N) is 3. The third-order valence-electron chi connectivity index (χ3n) is 4.72. The molecule has 0 unspecified atom stereocenters. The summed E-state index contributed by atoms with van der Waals surface area (Å²) >= 11 is 0. The van der Waals surface area contributed by atoms with Crippen LogP contribution in [0.4, 0.5) is 5.69 Å². The first-order valence-corrected chi connectivity index (χ1v) is 9.37. The fraction of sp³-hybridized carbons (Fsp3) is 0.182. The Morgan fingerprint density at radius 3 is 2.42 bits per heavy atom. The van der Waals surface area contributed by atoms with E-state index in [1.54, 1.807) is 24.3 Å². The van der Waals surface area contributed by atoms with Gasteiger partial charge in [0, 0.05) is 5.56 Å². The number of benzene rings is 2. The highest BCUT2D eigenvalue weighted by atomic mass is 16.5. The second kappa shape index (κ2) is 8.80. The van der Waals surface area contributed by atoms with Crippen molar-refractivity contribution in [3.8, 4) is 22.8 Å². The van der Waals surface area contributed by atoms with Crippen molar-refractivity contribution in [3.05, 3.63) is 65.9 Å². The van der Waals surface area contributed by atoms with Gasteiger partial charge in [-0.1, -0.05) is 47.6 Å². The molecule has 1 aliphatic rings. The van der Waals surface area contributed by atoms with Crippen molar-refractivity contribution in [3.63, 3.8) is 0 Å². The number of anilines is 1. The second-order valence-corrected chi connectivity index (χ2v) is 6.52. The lowest BCUT2D eigenvalue weighted by Gasteiger charge is -2.32. The molecule has 158 valence electrons. The first-order chi connectivity index (χ1) is 15.1. The minimum absolute atomic E-state index is 0.0155. The molecule has 3 aromatic rings. The van der Waals surface area contributed by atoms with Gasteiger partial charge < -0.3 is 23.6 Å². The van der Waals surface area contributed by atoms with Gasteiger partial charge in [-0.3, -0.25) is 0 Å². The van der Waals surface area contributed by atoms with Crippen molar-refractivity contribution in [2.75, 3.05) is 32.5 Å². The van der Waals surface area contributed by atoms with Crippen molar-refractivity contribution < 1.29 is 28.3 Å². The molecule has 31 heavy (non-hydrogen) atoms. The third kappa shape index (κ3) is 3.90. The molecule has 0 saturated carbocycles. The van der Waals surface area contributed by atoms with E-state index < -0.39 is 11.9 Å². The number of hydrogen-bond acceptors (Lipinski definition) is 9. The molecule has 0 aliphatic carbocycles. The van der Waals surface area contributed by atoms with E-state index in [0.717, 1.165) is 5.56 Å². The third-order valence-corrected chi connectivity index (χ3v) is 4.72. The molecule has 0 N–H and O–H groups in total. The maximum atomic E-state index is 12.6. The standard InChI is InChI=1S/C22H19N3O6/c1-28-21(26)16-12-30-13-25(18(16)22(27)29-2)17-11-7-6-10-15(17)20-23-19(24-31-20)14-8-4-3-5-9-14/h3-11H,12-13H2,1-2H3. The molecule has 0 spiro atoms. The largest absolute Gasteiger partial charge is 0.466 e. The molecule has 2 heterocycles. The van der Waals surface area contributed by atoms with Gasteiger partial charge in [-0.05, 0) is 12.1 Å². The van der Waals surface area contributed by atoms with Crippen molar-refractivity contribution in [1.82, 2.24) is 10.1 Å². The Labute approximate surface area is 177 Å². The zero-order valence-corrected chi connectivity index (χ0v) is 16.9. The molecule has 0 fully saturated rings. The Kier molecular flexibility index (Phi) is 5.76. The molecule has 9 heteroatoms. The Morgan fingerprint density at radius 1 is 0.968 bits per heavy atom. The maximum Gasteiger partial charge on any atom is 0.355 e. The summed E-state index contributed by atoms with van der Waals surface area (Å²) in [5.74, 6) is -0.677. The summed E-state index contributed by atoms with van der Waals surface area (Å²) < 4.78 is 20.8. The lowest BCUT2D eigenvalue weighted by Crippen LogP contribution is -2.39.